The Balaban J connectivity index is 0.00000484. The van der Waals surface area contributed by atoms with Crippen LogP contribution in [0.1, 0.15) is 53.9 Å². The van der Waals surface area contributed by atoms with Crippen molar-refractivity contribution >= 4 is 23.2 Å². The average molecular weight is 480 g/mol. The molecule has 0 aromatic rings. The topological polar surface area (TPSA) is 9.23 Å². The van der Waals surface area contributed by atoms with Crippen molar-refractivity contribution in [3.63, 3.8) is 0 Å². The zero-order valence-corrected chi connectivity index (χ0v) is 19.5. The number of rotatable bonds is 11. The summed E-state index contributed by atoms with van der Waals surface area (Å²) >= 11 is 12.7. The lowest BCUT2D eigenvalue weighted by Gasteiger charge is -2.31. The van der Waals surface area contributed by atoms with Gasteiger partial charge in [-0.1, -0.05) is 27.2 Å². The van der Waals surface area contributed by atoms with Crippen LogP contribution in [0.3, 0.4) is 0 Å². The Morgan fingerprint density at radius 1 is 1.09 bits per heavy atom. The van der Waals surface area contributed by atoms with Crippen LogP contribution in [0, 0.1) is 17.3 Å². The van der Waals surface area contributed by atoms with E-state index in [9.17, 15) is 0 Å². The van der Waals surface area contributed by atoms with Gasteiger partial charge in [0.2, 0.25) is 0 Å². The summed E-state index contributed by atoms with van der Waals surface area (Å²) in [6, 6.07) is 0. The SMILES string of the molecule is CC[N+](C)(CC)CCOCCC(C)CCC1C(C)(C)C1(Cl)Cl.[I-]. The summed E-state index contributed by atoms with van der Waals surface area (Å²) in [7, 11) is 2.30. The van der Waals surface area contributed by atoms with Gasteiger partial charge in [-0.2, -0.15) is 0 Å². The summed E-state index contributed by atoms with van der Waals surface area (Å²) in [5.74, 6) is 1.12. The molecule has 2 unspecified atom stereocenters. The molecule has 0 amide bonds. The highest BCUT2D eigenvalue weighted by molar-refractivity contribution is 6.51. The largest absolute Gasteiger partial charge is 1.00 e. The van der Waals surface area contributed by atoms with Gasteiger partial charge < -0.3 is 33.2 Å². The zero-order valence-electron chi connectivity index (χ0n) is 15.8. The third kappa shape index (κ3) is 6.47. The van der Waals surface area contributed by atoms with Crippen LogP contribution in [0.15, 0.2) is 0 Å². The molecule has 0 bridgehead atoms. The van der Waals surface area contributed by atoms with Gasteiger partial charge in [0.05, 0.1) is 26.7 Å². The molecule has 0 aliphatic heterocycles. The zero-order chi connectivity index (χ0) is 17.0. The first-order chi connectivity index (χ1) is 10.1. The molecule has 0 radical (unpaired) electrons. The molecule has 23 heavy (non-hydrogen) atoms. The summed E-state index contributed by atoms with van der Waals surface area (Å²) in [6.45, 7) is 16.3. The number of hydrogen-bond acceptors (Lipinski definition) is 1. The lowest BCUT2D eigenvalue weighted by Crippen LogP contribution is -3.00. The number of alkyl halides is 2. The quantitative estimate of drug-likeness (QED) is 0.191. The number of likely N-dealkylation sites (N-methyl/N-ethyl adjacent to an activating group) is 1. The molecule has 0 aromatic carbocycles. The Hall–Kier alpha value is 1.23. The van der Waals surface area contributed by atoms with Crippen molar-refractivity contribution in [3.05, 3.63) is 0 Å². The minimum atomic E-state index is -0.508. The number of halogens is 3. The highest BCUT2D eigenvalue weighted by Gasteiger charge is 2.69. The molecule has 140 valence electrons. The van der Waals surface area contributed by atoms with Crippen LogP contribution < -0.4 is 24.0 Å². The molecule has 0 aromatic heterocycles. The molecule has 1 fully saturated rings. The van der Waals surface area contributed by atoms with Gasteiger partial charge in [0.25, 0.3) is 0 Å². The first-order valence-corrected chi connectivity index (χ1v) is 9.65. The molecule has 0 saturated heterocycles. The van der Waals surface area contributed by atoms with Crippen molar-refractivity contribution in [2.24, 2.45) is 17.3 Å². The molecule has 2 nitrogen and oxygen atoms in total. The van der Waals surface area contributed by atoms with Gasteiger partial charge in [0, 0.05) is 17.9 Å². The van der Waals surface area contributed by atoms with Crippen molar-refractivity contribution in [1.29, 1.82) is 0 Å². The van der Waals surface area contributed by atoms with Gasteiger partial charge in [-0.3, -0.25) is 0 Å². The third-order valence-electron chi connectivity index (χ3n) is 6.09. The van der Waals surface area contributed by atoms with Crippen LogP contribution >= 0.6 is 23.2 Å². The maximum absolute atomic E-state index is 6.34. The van der Waals surface area contributed by atoms with Gasteiger partial charge in [0.1, 0.15) is 10.9 Å². The van der Waals surface area contributed by atoms with Crippen LogP contribution in [0.2, 0.25) is 0 Å². The predicted molar refractivity (Wildman–Crippen MR) is 97.7 cm³/mol. The number of quaternary nitrogens is 1. The van der Waals surface area contributed by atoms with Gasteiger partial charge in [-0.05, 0) is 32.6 Å². The van der Waals surface area contributed by atoms with Gasteiger partial charge in [0.15, 0.2) is 0 Å². The van der Waals surface area contributed by atoms with Gasteiger partial charge in [-0.25, -0.2) is 0 Å². The summed E-state index contributed by atoms with van der Waals surface area (Å²) in [5, 5.41) is 0. The fourth-order valence-corrected chi connectivity index (χ4v) is 4.02. The van der Waals surface area contributed by atoms with Gasteiger partial charge >= 0.3 is 0 Å². The summed E-state index contributed by atoms with van der Waals surface area (Å²) < 4.78 is 6.43. The maximum Gasteiger partial charge on any atom is 0.127 e. The lowest BCUT2D eigenvalue weighted by atomic mass is 9.98. The monoisotopic (exact) mass is 479 g/mol. The van der Waals surface area contributed by atoms with E-state index in [1.165, 1.54) is 19.5 Å². The standard InChI is InChI=1S/C18H36Cl2NO.HI/c1-7-21(6,8-2)12-14-22-13-11-15(3)9-10-16-17(4,5)18(16,19)20;/h15-16H,7-14H2,1-6H3;1H/q+1;/p-1. The fourth-order valence-electron chi connectivity index (χ4n) is 3.11. The summed E-state index contributed by atoms with van der Waals surface area (Å²) in [6.07, 6.45) is 3.45. The van der Waals surface area contributed by atoms with Crippen molar-refractivity contribution in [2.75, 3.05) is 39.9 Å². The first-order valence-electron chi connectivity index (χ1n) is 8.89. The van der Waals surface area contributed by atoms with E-state index in [0.717, 1.165) is 37.1 Å². The van der Waals surface area contributed by atoms with E-state index in [1.54, 1.807) is 0 Å². The van der Waals surface area contributed by atoms with Crippen LogP contribution in [0.25, 0.3) is 0 Å². The fraction of sp³-hybridized carbons (Fsp3) is 1.00. The van der Waals surface area contributed by atoms with Crippen molar-refractivity contribution in [2.45, 2.75) is 58.2 Å². The van der Waals surface area contributed by atoms with E-state index in [0.29, 0.717) is 11.8 Å². The Labute approximate surface area is 171 Å². The number of hydrogen-bond donors (Lipinski definition) is 0. The molecule has 2 atom stereocenters. The second kappa shape index (κ2) is 9.80. The highest BCUT2D eigenvalue weighted by atomic mass is 127. The van der Waals surface area contributed by atoms with Crippen LogP contribution in [0.4, 0.5) is 0 Å². The average Bonchev–Trinajstić information content (AvgIpc) is 2.85. The Bertz CT molecular complexity index is 332. The van der Waals surface area contributed by atoms with Crippen molar-refractivity contribution < 1.29 is 33.2 Å². The molecule has 1 rings (SSSR count). The molecule has 1 saturated carbocycles. The lowest BCUT2D eigenvalue weighted by molar-refractivity contribution is -0.906. The Kier molecular flexibility index (Phi) is 10.3. The van der Waals surface area contributed by atoms with E-state index in [-0.39, 0.29) is 29.4 Å². The minimum absolute atomic E-state index is 0. The van der Waals surface area contributed by atoms with E-state index in [2.05, 4.69) is 41.7 Å². The molecule has 0 spiro atoms. The van der Waals surface area contributed by atoms with E-state index in [1.807, 2.05) is 0 Å². The molecule has 1 aliphatic rings. The molecule has 1 aliphatic carbocycles. The van der Waals surface area contributed by atoms with Gasteiger partial charge in [-0.15, -0.1) is 23.2 Å². The molecular weight excluding hydrogens is 444 g/mol. The molecule has 5 heteroatoms. The molecule has 0 heterocycles. The number of nitrogens with zero attached hydrogens (tertiary/aromatic N) is 1. The normalized spacial score (nSPS) is 23.2. The number of ether oxygens (including phenoxy) is 1. The Morgan fingerprint density at radius 3 is 2.04 bits per heavy atom. The minimum Gasteiger partial charge on any atom is -1.00 e. The van der Waals surface area contributed by atoms with Crippen LogP contribution in [-0.2, 0) is 4.74 Å². The highest BCUT2D eigenvalue weighted by Crippen LogP contribution is 2.70. The van der Waals surface area contributed by atoms with Crippen LogP contribution in [0.5, 0.6) is 0 Å². The second-order valence-electron chi connectivity index (χ2n) is 7.96. The second-order valence-corrected chi connectivity index (χ2v) is 9.34. The summed E-state index contributed by atoms with van der Waals surface area (Å²) in [5.41, 5.74) is 0.0784. The Morgan fingerprint density at radius 2 is 1.61 bits per heavy atom. The van der Waals surface area contributed by atoms with E-state index >= 15 is 0 Å². The smallest absolute Gasteiger partial charge is 0.127 e. The predicted octanol–water partition coefficient (Wildman–Crippen LogP) is 2.13. The summed E-state index contributed by atoms with van der Waals surface area (Å²) in [4.78, 5) is 0. The first kappa shape index (κ1) is 24.2. The maximum atomic E-state index is 6.34. The van der Waals surface area contributed by atoms with Crippen LogP contribution in [-0.4, -0.2) is 48.7 Å². The molecule has 0 N–H and O–H groups in total. The third-order valence-corrected chi connectivity index (χ3v) is 7.59. The van der Waals surface area contributed by atoms with Crippen molar-refractivity contribution in [3.8, 4) is 0 Å². The van der Waals surface area contributed by atoms with E-state index < -0.39 is 4.33 Å². The van der Waals surface area contributed by atoms with Crippen molar-refractivity contribution in [1.82, 2.24) is 0 Å². The molecular formula is C18H36Cl2INO. The van der Waals surface area contributed by atoms with E-state index in [4.69, 9.17) is 27.9 Å².